The fraction of sp³-hybridized carbons (Fsp3) is 0.333. The molecule has 0 radical (unpaired) electrons. The second-order valence-corrected chi connectivity index (χ2v) is 6.50. The van der Waals surface area contributed by atoms with Crippen LogP contribution in [-0.2, 0) is 9.53 Å². The van der Waals surface area contributed by atoms with Crippen molar-refractivity contribution < 1.29 is 9.53 Å². The van der Waals surface area contributed by atoms with Gasteiger partial charge in [-0.05, 0) is 19.4 Å². The summed E-state index contributed by atoms with van der Waals surface area (Å²) in [6, 6.07) is 8.09. The van der Waals surface area contributed by atoms with Crippen LogP contribution in [-0.4, -0.2) is 28.6 Å². The van der Waals surface area contributed by atoms with Gasteiger partial charge in [0.2, 0.25) is 0 Å². The summed E-state index contributed by atoms with van der Waals surface area (Å²) in [4.78, 5) is 19.9. The van der Waals surface area contributed by atoms with E-state index in [1.54, 1.807) is 6.92 Å². The highest BCUT2D eigenvalue weighted by Crippen LogP contribution is 2.30. The van der Waals surface area contributed by atoms with Crippen molar-refractivity contribution in [1.82, 2.24) is 9.97 Å². The largest absolute Gasteiger partial charge is 0.369 e. The van der Waals surface area contributed by atoms with E-state index in [9.17, 15) is 4.79 Å². The Morgan fingerprint density at radius 2 is 2.25 bits per heavy atom. The zero-order valence-corrected chi connectivity index (χ0v) is 14.7. The minimum atomic E-state index is -0.475. The smallest absolute Gasteiger partial charge is 0.254 e. The van der Waals surface area contributed by atoms with Crippen molar-refractivity contribution in [2.24, 2.45) is 0 Å². The molecule has 2 N–H and O–H groups in total. The summed E-state index contributed by atoms with van der Waals surface area (Å²) in [5, 5.41) is 6.50. The van der Waals surface area contributed by atoms with Gasteiger partial charge in [-0.15, -0.1) is 11.3 Å². The first-order valence-corrected chi connectivity index (χ1v) is 9.01. The summed E-state index contributed by atoms with van der Waals surface area (Å²) in [7, 11) is 0. The van der Waals surface area contributed by atoms with Gasteiger partial charge in [-0.2, -0.15) is 0 Å². The third kappa shape index (κ3) is 3.66. The number of nitrogens with one attached hydrogen (secondary N) is 2. The van der Waals surface area contributed by atoms with Gasteiger partial charge < -0.3 is 9.72 Å². The quantitative estimate of drug-likeness (QED) is 0.623. The lowest BCUT2D eigenvalue weighted by Gasteiger charge is -2.11. The van der Waals surface area contributed by atoms with E-state index in [1.165, 1.54) is 11.3 Å². The Kier molecular flexibility index (Phi) is 5.27. The lowest BCUT2D eigenvalue weighted by atomic mass is 10.1. The fourth-order valence-corrected chi connectivity index (χ4v) is 3.14. The molecule has 0 spiro atoms. The van der Waals surface area contributed by atoms with Gasteiger partial charge in [0.25, 0.3) is 5.91 Å². The first-order chi connectivity index (χ1) is 11.7. The number of para-hydroxylation sites is 1. The number of nitrogens with zero attached hydrogens (tertiary/aromatic N) is 1. The molecule has 0 saturated carbocycles. The number of rotatable bonds is 7. The van der Waals surface area contributed by atoms with Crippen LogP contribution in [0.1, 0.15) is 26.7 Å². The molecule has 6 heteroatoms. The normalized spacial score (nSPS) is 12.4. The summed E-state index contributed by atoms with van der Waals surface area (Å²) >= 11 is 1.42. The van der Waals surface area contributed by atoms with Crippen LogP contribution in [0.15, 0.2) is 35.8 Å². The Labute approximate surface area is 145 Å². The molecule has 1 amide bonds. The maximum Gasteiger partial charge on any atom is 0.254 e. The molecule has 3 aromatic rings. The molecule has 1 aromatic carbocycles. The molecule has 0 aliphatic heterocycles. The number of aromatic nitrogens is 2. The summed E-state index contributed by atoms with van der Waals surface area (Å²) in [5.41, 5.74) is 2.96. The number of hydrogen-bond acceptors (Lipinski definition) is 4. The Morgan fingerprint density at radius 1 is 1.42 bits per heavy atom. The monoisotopic (exact) mass is 343 g/mol. The highest BCUT2D eigenvalue weighted by Gasteiger charge is 2.16. The zero-order valence-electron chi connectivity index (χ0n) is 13.8. The number of thiazole rings is 1. The van der Waals surface area contributed by atoms with Gasteiger partial charge in [-0.3, -0.25) is 10.1 Å². The van der Waals surface area contributed by atoms with E-state index in [2.05, 4.69) is 28.3 Å². The first-order valence-electron chi connectivity index (χ1n) is 8.13. The van der Waals surface area contributed by atoms with Crippen molar-refractivity contribution in [3.8, 4) is 11.3 Å². The third-order valence-corrected chi connectivity index (χ3v) is 4.59. The molecular formula is C18H21N3O2S. The molecule has 0 bridgehead atoms. The summed E-state index contributed by atoms with van der Waals surface area (Å²) in [5.74, 6) is -0.161. The van der Waals surface area contributed by atoms with Gasteiger partial charge in [0.1, 0.15) is 6.10 Å². The van der Waals surface area contributed by atoms with E-state index in [1.807, 2.05) is 29.8 Å². The summed E-state index contributed by atoms with van der Waals surface area (Å²) in [6.45, 7) is 4.46. The zero-order chi connectivity index (χ0) is 16.9. The second kappa shape index (κ2) is 7.59. The molecule has 3 rings (SSSR count). The van der Waals surface area contributed by atoms with Crippen molar-refractivity contribution in [2.75, 3.05) is 11.9 Å². The van der Waals surface area contributed by atoms with E-state index in [4.69, 9.17) is 4.74 Å². The molecule has 0 fully saturated rings. The number of amides is 1. The molecule has 2 heterocycles. The number of H-pyrrole nitrogens is 1. The Bertz CT molecular complexity index is 824. The van der Waals surface area contributed by atoms with E-state index in [-0.39, 0.29) is 5.91 Å². The predicted octanol–water partition coefficient (Wildman–Crippen LogP) is 4.44. The average Bonchev–Trinajstić information content (AvgIpc) is 3.21. The molecule has 1 atom stereocenters. The van der Waals surface area contributed by atoms with Gasteiger partial charge in [0.15, 0.2) is 5.13 Å². The van der Waals surface area contributed by atoms with E-state index in [0.717, 1.165) is 35.0 Å². The van der Waals surface area contributed by atoms with Crippen LogP contribution in [0.5, 0.6) is 0 Å². The maximum absolute atomic E-state index is 12.1. The number of fused-ring (bicyclic) bond motifs is 1. The molecule has 0 unspecified atom stereocenters. The van der Waals surface area contributed by atoms with Crippen LogP contribution >= 0.6 is 11.3 Å². The van der Waals surface area contributed by atoms with Crippen LogP contribution in [0.25, 0.3) is 22.2 Å². The van der Waals surface area contributed by atoms with Crippen molar-refractivity contribution in [1.29, 1.82) is 0 Å². The SMILES string of the molecule is CCCCO[C@H](C)C(=O)Nc1nc(-c2c[nH]c3ccccc23)cs1. The number of hydrogen-bond donors (Lipinski definition) is 2. The molecule has 0 aliphatic carbocycles. The molecule has 5 nitrogen and oxygen atoms in total. The van der Waals surface area contributed by atoms with Crippen LogP contribution in [0.4, 0.5) is 5.13 Å². The van der Waals surface area contributed by atoms with Crippen molar-refractivity contribution in [3.63, 3.8) is 0 Å². The minimum Gasteiger partial charge on any atom is -0.369 e. The van der Waals surface area contributed by atoms with Gasteiger partial charge in [-0.1, -0.05) is 31.5 Å². The van der Waals surface area contributed by atoms with Crippen molar-refractivity contribution in [3.05, 3.63) is 35.8 Å². The van der Waals surface area contributed by atoms with Crippen LogP contribution in [0.2, 0.25) is 0 Å². The third-order valence-electron chi connectivity index (χ3n) is 3.83. The summed E-state index contributed by atoms with van der Waals surface area (Å²) < 4.78 is 5.51. The number of ether oxygens (including phenoxy) is 1. The topological polar surface area (TPSA) is 67.0 Å². The minimum absolute atomic E-state index is 0.161. The van der Waals surface area contributed by atoms with Crippen LogP contribution in [0, 0.1) is 0 Å². The molecule has 24 heavy (non-hydrogen) atoms. The van der Waals surface area contributed by atoms with Crippen LogP contribution in [0.3, 0.4) is 0 Å². The van der Waals surface area contributed by atoms with E-state index in [0.29, 0.717) is 11.7 Å². The lowest BCUT2D eigenvalue weighted by Crippen LogP contribution is -2.28. The maximum atomic E-state index is 12.1. The van der Waals surface area contributed by atoms with E-state index < -0.39 is 6.10 Å². The Morgan fingerprint density at radius 3 is 3.08 bits per heavy atom. The van der Waals surface area contributed by atoms with Gasteiger partial charge >= 0.3 is 0 Å². The average molecular weight is 343 g/mol. The molecule has 0 aliphatic rings. The van der Waals surface area contributed by atoms with Crippen molar-refractivity contribution in [2.45, 2.75) is 32.8 Å². The van der Waals surface area contributed by atoms with Gasteiger partial charge in [0.05, 0.1) is 5.69 Å². The Hall–Kier alpha value is -2.18. The van der Waals surface area contributed by atoms with E-state index >= 15 is 0 Å². The van der Waals surface area contributed by atoms with Gasteiger partial charge in [0, 0.05) is 34.7 Å². The van der Waals surface area contributed by atoms with Crippen molar-refractivity contribution >= 4 is 33.3 Å². The number of aromatic amines is 1. The predicted molar refractivity (Wildman–Crippen MR) is 98.4 cm³/mol. The number of carbonyl (C=O) groups excluding carboxylic acids is 1. The number of benzene rings is 1. The van der Waals surface area contributed by atoms with Crippen LogP contribution < -0.4 is 5.32 Å². The molecular weight excluding hydrogens is 322 g/mol. The fourth-order valence-electron chi connectivity index (χ4n) is 2.43. The standard InChI is InChI=1S/C18H21N3O2S/c1-3-4-9-23-12(2)17(22)21-18-20-16(11-24-18)14-10-19-15-8-6-5-7-13(14)15/h5-8,10-12,19H,3-4,9H2,1-2H3,(H,20,21,22)/t12-/m1/s1. The lowest BCUT2D eigenvalue weighted by molar-refractivity contribution is -0.126. The number of anilines is 1. The Balaban J connectivity index is 1.68. The first kappa shape index (κ1) is 16.7. The number of unbranched alkanes of at least 4 members (excludes halogenated alkanes) is 1. The summed E-state index contributed by atoms with van der Waals surface area (Å²) in [6.07, 6.45) is 3.48. The highest BCUT2D eigenvalue weighted by molar-refractivity contribution is 7.14. The molecule has 2 aromatic heterocycles. The van der Waals surface area contributed by atoms with Gasteiger partial charge in [-0.25, -0.2) is 4.98 Å². The molecule has 0 saturated heterocycles. The second-order valence-electron chi connectivity index (χ2n) is 5.64. The molecule has 126 valence electrons. The highest BCUT2D eigenvalue weighted by atomic mass is 32.1. The number of carbonyl (C=O) groups is 1.